The van der Waals surface area contributed by atoms with E-state index in [1.807, 2.05) is 11.6 Å². The smallest absolute Gasteiger partial charge is 0.151 e. The van der Waals surface area contributed by atoms with Gasteiger partial charge in [0, 0.05) is 37.3 Å². The highest BCUT2D eigenvalue weighted by atomic mass is 32.1. The van der Waals surface area contributed by atoms with Crippen molar-refractivity contribution in [2.24, 2.45) is 0 Å². The van der Waals surface area contributed by atoms with Crippen LogP contribution in [0.2, 0.25) is 0 Å². The maximum absolute atomic E-state index is 4.38. The van der Waals surface area contributed by atoms with Crippen molar-refractivity contribution in [1.29, 1.82) is 0 Å². The van der Waals surface area contributed by atoms with Crippen molar-refractivity contribution in [3.05, 3.63) is 17.6 Å². The van der Waals surface area contributed by atoms with Gasteiger partial charge in [0.15, 0.2) is 5.82 Å². The number of nitrogens with zero attached hydrogens (tertiary/aromatic N) is 3. The Balaban J connectivity index is 1.79. The van der Waals surface area contributed by atoms with E-state index >= 15 is 0 Å². The largest absolute Gasteiger partial charge is 0.354 e. The van der Waals surface area contributed by atoms with Crippen LogP contribution in [0.4, 0.5) is 5.82 Å². The molecule has 17 heavy (non-hydrogen) atoms. The van der Waals surface area contributed by atoms with Gasteiger partial charge in [-0.15, -0.1) is 11.3 Å². The van der Waals surface area contributed by atoms with E-state index < -0.39 is 0 Å². The van der Waals surface area contributed by atoms with Crippen LogP contribution in [-0.2, 0) is 0 Å². The molecule has 0 bridgehead atoms. The minimum absolute atomic E-state index is 0.997. The van der Waals surface area contributed by atoms with Gasteiger partial charge in [0.05, 0.1) is 5.69 Å². The van der Waals surface area contributed by atoms with Gasteiger partial charge in [0.25, 0.3) is 0 Å². The summed E-state index contributed by atoms with van der Waals surface area (Å²) in [6.45, 7) is 4.21. The molecule has 0 amide bonds. The van der Waals surface area contributed by atoms with Gasteiger partial charge in [-0.1, -0.05) is 0 Å². The van der Waals surface area contributed by atoms with Crippen molar-refractivity contribution < 1.29 is 0 Å². The summed E-state index contributed by atoms with van der Waals surface area (Å²) in [6, 6.07) is 2.09. The molecule has 3 heterocycles. The number of rotatable bonds is 2. The molecule has 3 rings (SSSR count). The van der Waals surface area contributed by atoms with E-state index in [9.17, 15) is 0 Å². The standard InChI is InChI=1S/C11H15N5S/c1-2-12-3-6-16(5-1)10-8-9(14-15-10)11-13-4-7-17-11/h4,7-8,12H,1-3,5-6H2,(H,14,15). The summed E-state index contributed by atoms with van der Waals surface area (Å²) in [6.07, 6.45) is 2.98. The molecule has 1 fully saturated rings. The minimum atomic E-state index is 0.997. The van der Waals surface area contributed by atoms with Crippen LogP contribution in [0.5, 0.6) is 0 Å². The van der Waals surface area contributed by atoms with E-state index in [-0.39, 0.29) is 0 Å². The lowest BCUT2D eigenvalue weighted by Gasteiger charge is -2.18. The Morgan fingerprint density at radius 1 is 1.29 bits per heavy atom. The number of H-pyrrole nitrogens is 1. The van der Waals surface area contributed by atoms with Gasteiger partial charge in [0.2, 0.25) is 0 Å². The summed E-state index contributed by atoms with van der Waals surface area (Å²) in [5, 5.41) is 13.8. The molecule has 5 nitrogen and oxygen atoms in total. The number of anilines is 1. The molecule has 2 aromatic heterocycles. The Hall–Kier alpha value is -1.40. The molecular formula is C11H15N5S. The maximum atomic E-state index is 4.38. The Morgan fingerprint density at radius 2 is 2.29 bits per heavy atom. The van der Waals surface area contributed by atoms with Crippen LogP contribution >= 0.6 is 11.3 Å². The molecule has 0 saturated carbocycles. The Kier molecular flexibility index (Phi) is 3.06. The van der Waals surface area contributed by atoms with Crippen molar-refractivity contribution in [3.8, 4) is 10.7 Å². The van der Waals surface area contributed by atoms with Crippen LogP contribution in [0, 0.1) is 0 Å². The van der Waals surface area contributed by atoms with Crippen molar-refractivity contribution >= 4 is 17.2 Å². The topological polar surface area (TPSA) is 56.8 Å². The lowest BCUT2D eigenvalue weighted by molar-refractivity contribution is 0.724. The number of thiazole rings is 1. The third-order valence-electron chi connectivity index (χ3n) is 2.89. The second kappa shape index (κ2) is 4.85. The van der Waals surface area contributed by atoms with E-state index in [4.69, 9.17) is 0 Å². The minimum Gasteiger partial charge on any atom is -0.354 e. The monoisotopic (exact) mass is 249 g/mol. The highest BCUT2D eigenvalue weighted by Crippen LogP contribution is 2.23. The number of hydrogen-bond acceptors (Lipinski definition) is 5. The molecule has 0 radical (unpaired) electrons. The molecule has 0 spiro atoms. The average Bonchev–Trinajstić information content (AvgIpc) is 2.95. The van der Waals surface area contributed by atoms with Crippen molar-refractivity contribution in [2.45, 2.75) is 6.42 Å². The summed E-state index contributed by atoms with van der Waals surface area (Å²) >= 11 is 1.63. The average molecular weight is 249 g/mol. The molecule has 0 aliphatic carbocycles. The highest BCUT2D eigenvalue weighted by Gasteiger charge is 2.13. The van der Waals surface area contributed by atoms with Gasteiger partial charge in [-0.25, -0.2) is 4.98 Å². The molecular weight excluding hydrogens is 234 g/mol. The van der Waals surface area contributed by atoms with Gasteiger partial charge >= 0.3 is 0 Å². The SMILES string of the molecule is c1csc(-c2cc(N3CCCNCC3)n[nH]2)n1. The summed E-state index contributed by atoms with van der Waals surface area (Å²) in [7, 11) is 0. The van der Waals surface area contributed by atoms with Crippen molar-refractivity contribution in [2.75, 3.05) is 31.1 Å². The van der Waals surface area contributed by atoms with Gasteiger partial charge < -0.3 is 10.2 Å². The lowest BCUT2D eigenvalue weighted by Crippen LogP contribution is -2.28. The third kappa shape index (κ3) is 2.32. The zero-order valence-electron chi connectivity index (χ0n) is 9.52. The number of hydrogen-bond donors (Lipinski definition) is 2. The maximum Gasteiger partial charge on any atom is 0.151 e. The first-order chi connectivity index (χ1) is 8.43. The van der Waals surface area contributed by atoms with Crippen molar-refractivity contribution in [3.63, 3.8) is 0 Å². The molecule has 0 unspecified atom stereocenters. The predicted molar refractivity (Wildman–Crippen MR) is 69.4 cm³/mol. The Labute approximate surface area is 104 Å². The van der Waals surface area contributed by atoms with Gasteiger partial charge in [0.1, 0.15) is 5.01 Å². The van der Waals surface area contributed by atoms with Crippen molar-refractivity contribution in [1.82, 2.24) is 20.5 Å². The van der Waals surface area contributed by atoms with Crippen LogP contribution in [-0.4, -0.2) is 41.4 Å². The summed E-state index contributed by atoms with van der Waals surface area (Å²) in [5.74, 6) is 1.03. The second-order valence-electron chi connectivity index (χ2n) is 4.07. The predicted octanol–water partition coefficient (Wildman–Crippen LogP) is 1.33. The summed E-state index contributed by atoms with van der Waals surface area (Å²) < 4.78 is 0. The fourth-order valence-electron chi connectivity index (χ4n) is 2.01. The van der Waals surface area contributed by atoms with E-state index in [1.54, 1.807) is 11.3 Å². The van der Waals surface area contributed by atoms with Crippen LogP contribution < -0.4 is 10.2 Å². The Morgan fingerprint density at radius 3 is 3.18 bits per heavy atom. The zero-order chi connectivity index (χ0) is 11.5. The molecule has 1 saturated heterocycles. The Bertz CT molecular complexity index is 456. The van der Waals surface area contributed by atoms with Crippen LogP contribution in [0.3, 0.4) is 0 Å². The van der Waals surface area contributed by atoms with Crippen LogP contribution in [0.1, 0.15) is 6.42 Å². The quantitative estimate of drug-likeness (QED) is 0.843. The molecule has 2 aromatic rings. The second-order valence-corrected chi connectivity index (χ2v) is 4.96. The summed E-state index contributed by atoms with van der Waals surface area (Å²) in [4.78, 5) is 6.59. The van der Waals surface area contributed by atoms with E-state index in [1.165, 1.54) is 6.42 Å². The molecule has 1 aliphatic rings. The molecule has 0 aromatic carbocycles. The first-order valence-corrected chi connectivity index (χ1v) is 6.72. The first kappa shape index (κ1) is 10.7. The van der Waals surface area contributed by atoms with E-state index in [0.29, 0.717) is 0 Å². The van der Waals surface area contributed by atoms with E-state index in [2.05, 4.69) is 31.5 Å². The normalized spacial score (nSPS) is 17.1. The fraction of sp³-hybridized carbons (Fsp3) is 0.455. The molecule has 2 N–H and O–H groups in total. The highest BCUT2D eigenvalue weighted by molar-refractivity contribution is 7.13. The fourth-order valence-corrected chi connectivity index (χ4v) is 2.62. The van der Waals surface area contributed by atoms with Crippen LogP contribution in [0.15, 0.2) is 17.6 Å². The lowest BCUT2D eigenvalue weighted by atomic mass is 10.3. The third-order valence-corrected chi connectivity index (χ3v) is 3.70. The van der Waals surface area contributed by atoms with E-state index in [0.717, 1.165) is 42.7 Å². The van der Waals surface area contributed by atoms with Gasteiger partial charge in [-0.3, -0.25) is 5.10 Å². The van der Waals surface area contributed by atoms with Gasteiger partial charge in [-0.05, 0) is 13.0 Å². The molecule has 90 valence electrons. The number of nitrogens with one attached hydrogen (secondary N) is 2. The summed E-state index contributed by atoms with van der Waals surface area (Å²) in [5.41, 5.74) is 1.01. The van der Waals surface area contributed by atoms with Crippen LogP contribution in [0.25, 0.3) is 10.7 Å². The molecule has 1 aliphatic heterocycles. The zero-order valence-corrected chi connectivity index (χ0v) is 10.3. The molecule has 6 heteroatoms. The number of aromatic amines is 1. The molecule has 0 atom stereocenters. The first-order valence-electron chi connectivity index (χ1n) is 5.84. The number of aromatic nitrogens is 3. The van der Waals surface area contributed by atoms with Gasteiger partial charge in [-0.2, -0.15) is 5.10 Å².